The highest BCUT2D eigenvalue weighted by Gasteiger charge is 2.55. The Morgan fingerprint density at radius 3 is 2.74 bits per heavy atom. The Balaban J connectivity index is 2.25. The second-order valence-corrected chi connectivity index (χ2v) is 7.27. The lowest BCUT2D eigenvalue weighted by Gasteiger charge is -2.35. The highest BCUT2D eigenvalue weighted by molar-refractivity contribution is 7.92. The van der Waals surface area contributed by atoms with Gasteiger partial charge < -0.3 is 0 Å². The van der Waals surface area contributed by atoms with Crippen molar-refractivity contribution in [1.82, 2.24) is 0 Å². The molecular weight excluding hydrogens is 265 g/mol. The van der Waals surface area contributed by atoms with Crippen molar-refractivity contribution in [2.75, 3.05) is 10.6 Å². The van der Waals surface area contributed by atoms with Crippen LogP contribution in [0.1, 0.15) is 25.3 Å². The number of para-hydroxylation sites is 1. The minimum Gasteiger partial charge on any atom is -0.263 e. The zero-order valence-corrected chi connectivity index (χ0v) is 11.7. The van der Waals surface area contributed by atoms with Crippen LogP contribution in [0.2, 0.25) is 0 Å². The molecule has 2 unspecified atom stereocenters. The van der Waals surface area contributed by atoms with Crippen molar-refractivity contribution >= 4 is 15.7 Å². The number of rotatable bonds is 1. The van der Waals surface area contributed by atoms with Crippen LogP contribution in [-0.2, 0) is 15.7 Å². The standard InChI is InChI=1S/C14H16FNO2S/c1-10-7-8-14(15)11-5-3-4-6-12(11)16(13(14)9-10)19(2,17)18/h3-7,13H,8-9H2,1-2H3. The van der Waals surface area contributed by atoms with Crippen LogP contribution in [0.3, 0.4) is 0 Å². The lowest BCUT2D eigenvalue weighted by Crippen LogP contribution is -2.46. The van der Waals surface area contributed by atoms with Gasteiger partial charge in [-0.3, -0.25) is 4.31 Å². The van der Waals surface area contributed by atoms with Crippen molar-refractivity contribution < 1.29 is 12.8 Å². The average Bonchev–Trinajstić information content (AvgIpc) is 2.59. The monoisotopic (exact) mass is 281 g/mol. The molecule has 0 bridgehead atoms. The van der Waals surface area contributed by atoms with Gasteiger partial charge in [-0.1, -0.05) is 29.8 Å². The SMILES string of the molecule is CC1=CCC2(F)c3ccccc3N(S(C)(=O)=O)C2C1. The maximum absolute atomic E-state index is 15.4. The summed E-state index contributed by atoms with van der Waals surface area (Å²) >= 11 is 0. The summed E-state index contributed by atoms with van der Waals surface area (Å²) in [5, 5.41) is 0. The molecule has 0 radical (unpaired) electrons. The highest BCUT2D eigenvalue weighted by Crippen LogP contribution is 2.53. The second kappa shape index (κ2) is 3.82. The van der Waals surface area contributed by atoms with Crippen LogP contribution >= 0.6 is 0 Å². The molecule has 102 valence electrons. The molecule has 0 aromatic heterocycles. The summed E-state index contributed by atoms with van der Waals surface area (Å²) in [6.07, 6.45) is 3.70. The van der Waals surface area contributed by atoms with Gasteiger partial charge in [0, 0.05) is 12.0 Å². The summed E-state index contributed by atoms with van der Waals surface area (Å²) in [7, 11) is -3.48. The number of sulfonamides is 1. The summed E-state index contributed by atoms with van der Waals surface area (Å²) in [4.78, 5) is 0. The molecule has 1 aliphatic heterocycles. The largest absolute Gasteiger partial charge is 0.263 e. The van der Waals surface area contributed by atoms with Gasteiger partial charge in [-0.15, -0.1) is 0 Å². The Hall–Kier alpha value is -1.36. The van der Waals surface area contributed by atoms with E-state index in [-0.39, 0.29) is 6.42 Å². The lowest BCUT2D eigenvalue weighted by atomic mass is 9.81. The van der Waals surface area contributed by atoms with Gasteiger partial charge >= 0.3 is 0 Å². The zero-order chi connectivity index (χ0) is 13.8. The molecule has 0 N–H and O–H groups in total. The molecule has 2 aliphatic rings. The van der Waals surface area contributed by atoms with Gasteiger partial charge in [0.1, 0.15) is 0 Å². The molecule has 1 aromatic rings. The topological polar surface area (TPSA) is 37.4 Å². The minimum atomic E-state index is -3.48. The number of allylic oxidation sites excluding steroid dienone is 1. The van der Waals surface area contributed by atoms with Crippen LogP contribution in [-0.4, -0.2) is 20.7 Å². The van der Waals surface area contributed by atoms with E-state index in [0.29, 0.717) is 17.7 Å². The smallest absolute Gasteiger partial charge is 0.232 e. The number of anilines is 1. The van der Waals surface area contributed by atoms with E-state index >= 15 is 4.39 Å². The first-order valence-corrected chi connectivity index (χ1v) is 8.12. The number of hydrogen-bond donors (Lipinski definition) is 0. The minimum absolute atomic E-state index is 0.243. The number of fused-ring (bicyclic) bond motifs is 3. The van der Waals surface area contributed by atoms with E-state index in [4.69, 9.17) is 0 Å². The van der Waals surface area contributed by atoms with Crippen LogP contribution < -0.4 is 4.31 Å². The molecule has 3 rings (SSSR count). The summed E-state index contributed by atoms with van der Waals surface area (Å²) in [6, 6.07) is 6.24. The average molecular weight is 281 g/mol. The van der Waals surface area contributed by atoms with Gasteiger partial charge in [-0.05, 0) is 19.4 Å². The first-order valence-electron chi connectivity index (χ1n) is 6.27. The highest BCUT2D eigenvalue weighted by atomic mass is 32.2. The third-order valence-corrected chi connectivity index (χ3v) is 5.19. The fourth-order valence-electron chi connectivity index (χ4n) is 3.16. The fraction of sp³-hybridized carbons (Fsp3) is 0.429. The second-order valence-electron chi connectivity index (χ2n) is 5.41. The van der Waals surface area contributed by atoms with Crippen molar-refractivity contribution in [3.05, 3.63) is 41.5 Å². The van der Waals surface area contributed by atoms with Crippen molar-refractivity contribution in [3.8, 4) is 0 Å². The van der Waals surface area contributed by atoms with E-state index in [0.717, 1.165) is 11.8 Å². The van der Waals surface area contributed by atoms with Gasteiger partial charge in [-0.25, -0.2) is 12.8 Å². The van der Waals surface area contributed by atoms with Gasteiger partial charge in [0.2, 0.25) is 10.0 Å². The van der Waals surface area contributed by atoms with E-state index in [1.165, 1.54) is 4.31 Å². The van der Waals surface area contributed by atoms with E-state index in [1.807, 2.05) is 13.0 Å². The van der Waals surface area contributed by atoms with Gasteiger partial charge in [0.15, 0.2) is 5.67 Å². The number of nitrogens with zero attached hydrogens (tertiary/aromatic N) is 1. The van der Waals surface area contributed by atoms with Crippen LogP contribution in [0.5, 0.6) is 0 Å². The third kappa shape index (κ3) is 1.71. The molecule has 0 amide bonds. The number of benzene rings is 1. The molecule has 2 atom stereocenters. The Morgan fingerprint density at radius 2 is 2.05 bits per heavy atom. The van der Waals surface area contributed by atoms with Gasteiger partial charge in [0.05, 0.1) is 18.0 Å². The van der Waals surface area contributed by atoms with E-state index in [2.05, 4.69) is 0 Å². The fourth-order valence-corrected chi connectivity index (χ4v) is 4.38. The van der Waals surface area contributed by atoms with Crippen molar-refractivity contribution in [3.63, 3.8) is 0 Å². The number of alkyl halides is 1. The van der Waals surface area contributed by atoms with Crippen molar-refractivity contribution in [2.45, 2.75) is 31.5 Å². The molecule has 0 saturated heterocycles. The summed E-state index contributed by atoms with van der Waals surface area (Å²) in [5.74, 6) is 0. The summed E-state index contributed by atoms with van der Waals surface area (Å²) < 4.78 is 40.7. The van der Waals surface area contributed by atoms with Crippen molar-refractivity contribution in [1.29, 1.82) is 0 Å². The van der Waals surface area contributed by atoms with Crippen LogP contribution in [0, 0.1) is 0 Å². The molecule has 5 heteroatoms. The molecule has 1 heterocycles. The predicted molar refractivity (Wildman–Crippen MR) is 73.3 cm³/mol. The van der Waals surface area contributed by atoms with Gasteiger partial charge in [0.25, 0.3) is 0 Å². The number of halogens is 1. The summed E-state index contributed by atoms with van der Waals surface area (Å²) in [6.45, 7) is 1.92. The quantitative estimate of drug-likeness (QED) is 0.742. The molecule has 19 heavy (non-hydrogen) atoms. The zero-order valence-electron chi connectivity index (χ0n) is 10.9. The molecule has 0 saturated carbocycles. The third-order valence-electron chi connectivity index (χ3n) is 4.02. The van der Waals surface area contributed by atoms with E-state index in [9.17, 15) is 8.42 Å². The lowest BCUT2D eigenvalue weighted by molar-refractivity contribution is 0.136. The normalized spacial score (nSPS) is 29.7. The first-order chi connectivity index (χ1) is 8.84. The molecule has 1 aliphatic carbocycles. The van der Waals surface area contributed by atoms with Crippen molar-refractivity contribution in [2.24, 2.45) is 0 Å². The summed E-state index contributed by atoms with van der Waals surface area (Å²) in [5.41, 5.74) is 0.425. The van der Waals surface area contributed by atoms with E-state index < -0.39 is 21.7 Å². The molecule has 3 nitrogen and oxygen atoms in total. The Labute approximate surface area is 112 Å². The van der Waals surface area contributed by atoms with Gasteiger partial charge in [-0.2, -0.15) is 0 Å². The maximum atomic E-state index is 15.4. The molecule has 0 spiro atoms. The molecular formula is C14H16FNO2S. The number of hydrogen-bond acceptors (Lipinski definition) is 2. The maximum Gasteiger partial charge on any atom is 0.232 e. The Morgan fingerprint density at radius 1 is 1.37 bits per heavy atom. The Kier molecular flexibility index (Phi) is 2.55. The first kappa shape index (κ1) is 12.7. The molecule has 0 fully saturated rings. The van der Waals surface area contributed by atoms with Crippen LogP contribution in [0.4, 0.5) is 10.1 Å². The van der Waals surface area contributed by atoms with Crippen LogP contribution in [0.15, 0.2) is 35.9 Å². The Bertz CT molecular complexity index is 668. The predicted octanol–water partition coefficient (Wildman–Crippen LogP) is 2.74. The van der Waals surface area contributed by atoms with E-state index in [1.54, 1.807) is 24.3 Å². The van der Waals surface area contributed by atoms with Crippen LogP contribution in [0.25, 0.3) is 0 Å². The molecule has 1 aromatic carbocycles.